The van der Waals surface area contributed by atoms with Crippen LogP contribution in [-0.4, -0.2) is 19.4 Å². The normalized spacial score (nSPS) is 10.1. The lowest BCUT2D eigenvalue weighted by Crippen LogP contribution is -1.94. The van der Waals surface area contributed by atoms with E-state index in [1.165, 1.54) is 19.3 Å². The summed E-state index contributed by atoms with van der Waals surface area (Å²) in [4.78, 5) is 21.2. The highest BCUT2D eigenvalue weighted by molar-refractivity contribution is 5.90. The predicted molar refractivity (Wildman–Crippen MR) is 52.3 cm³/mol. The minimum atomic E-state index is -0.453. The summed E-state index contributed by atoms with van der Waals surface area (Å²) in [5.74, 6) is -0.453. The molecule has 0 amide bonds. The van der Waals surface area contributed by atoms with E-state index in [1.807, 2.05) is 0 Å². The number of carbonyl (C=O) groups is 1. The average molecular weight is 189 g/mol. The van der Waals surface area contributed by atoms with E-state index in [2.05, 4.69) is 4.74 Å². The highest BCUT2D eigenvalue weighted by atomic mass is 16.5. The fourth-order valence-corrected chi connectivity index (χ4v) is 0.961. The number of ether oxygens (including phenoxy) is 1. The Kier molecular flexibility index (Phi) is 3.61. The number of hydrogen-bond acceptors (Lipinski definition) is 3. The van der Waals surface area contributed by atoms with Crippen LogP contribution in [-0.2, 0) is 14.3 Å². The first-order valence-corrected chi connectivity index (χ1v) is 4.01. The quantitative estimate of drug-likeness (QED) is 0.532. The zero-order valence-electron chi connectivity index (χ0n) is 7.69. The first-order chi connectivity index (χ1) is 6.77. The molecule has 0 saturated heterocycles. The van der Waals surface area contributed by atoms with Gasteiger partial charge >= 0.3 is 5.97 Å². The van der Waals surface area contributed by atoms with Crippen LogP contribution in [0, 0.1) is 0 Å². The van der Waals surface area contributed by atoms with Gasteiger partial charge in [-0.3, -0.25) is 4.79 Å². The summed E-state index contributed by atoms with van der Waals surface area (Å²) in [5, 5.41) is 0. The Hall–Kier alpha value is -1.90. The van der Waals surface area contributed by atoms with Crippen LogP contribution in [0.25, 0.3) is 6.08 Å². The van der Waals surface area contributed by atoms with Crippen molar-refractivity contribution in [3.63, 3.8) is 0 Å². The maximum atomic E-state index is 10.8. The first kappa shape index (κ1) is 10.2. The van der Waals surface area contributed by atoms with E-state index in [9.17, 15) is 9.59 Å². The van der Waals surface area contributed by atoms with Crippen molar-refractivity contribution in [2.45, 2.75) is 0 Å². The summed E-state index contributed by atoms with van der Waals surface area (Å²) in [6, 6.07) is 6.86. The zero-order chi connectivity index (χ0) is 10.4. The third-order valence-corrected chi connectivity index (χ3v) is 1.67. The molecule has 1 radical (unpaired) electrons. The molecular weight excluding hydrogens is 180 g/mol. The van der Waals surface area contributed by atoms with Crippen LogP contribution in [0.1, 0.15) is 11.1 Å². The molecule has 71 valence electrons. The molecule has 0 heterocycles. The molecule has 0 aromatic heterocycles. The molecule has 0 fully saturated rings. The summed E-state index contributed by atoms with van der Waals surface area (Å²) in [7, 11) is 1.30. The molecular formula is C11H9O3. The molecule has 0 aliphatic rings. The fraction of sp³-hybridized carbons (Fsp3) is 0.0909. The number of benzene rings is 1. The van der Waals surface area contributed by atoms with Crippen LogP contribution in [0.2, 0.25) is 0 Å². The van der Waals surface area contributed by atoms with Crippen molar-refractivity contribution in [2.24, 2.45) is 0 Å². The molecule has 0 atom stereocenters. The summed E-state index contributed by atoms with van der Waals surface area (Å²) in [6.45, 7) is 0. The Morgan fingerprint density at radius 1 is 1.43 bits per heavy atom. The highest BCUT2D eigenvalue weighted by Crippen LogP contribution is 2.07. The van der Waals surface area contributed by atoms with Crippen LogP contribution in [0.4, 0.5) is 0 Å². The summed E-state index contributed by atoms with van der Waals surface area (Å²) in [5.41, 5.74) is 1.07. The van der Waals surface area contributed by atoms with Crippen molar-refractivity contribution in [1.82, 2.24) is 0 Å². The zero-order valence-corrected chi connectivity index (χ0v) is 7.69. The molecule has 0 aliphatic carbocycles. The van der Waals surface area contributed by atoms with Gasteiger partial charge in [0, 0.05) is 11.6 Å². The van der Waals surface area contributed by atoms with Crippen LogP contribution in [0.3, 0.4) is 0 Å². The van der Waals surface area contributed by atoms with Crippen LogP contribution in [0.5, 0.6) is 0 Å². The summed E-state index contributed by atoms with van der Waals surface area (Å²) < 4.78 is 4.42. The van der Waals surface area contributed by atoms with Crippen molar-refractivity contribution in [2.75, 3.05) is 7.11 Å². The molecule has 0 unspecified atom stereocenters. The Bertz CT molecular complexity index is 367. The largest absolute Gasteiger partial charge is 0.466 e. The number of hydrogen-bond donors (Lipinski definition) is 0. The van der Waals surface area contributed by atoms with Gasteiger partial charge in [0.2, 0.25) is 6.29 Å². The molecule has 0 spiro atoms. The maximum Gasteiger partial charge on any atom is 0.330 e. The maximum absolute atomic E-state index is 10.8. The Morgan fingerprint density at radius 3 is 2.79 bits per heavy atom. The minimum absolute atomic E-state index is 0.424. The Balaban J connectivity index is 2.90. The van der Waals surface area contributed by atoms with Crippen LogP contribution >= 0.6 is 0 Å². The lowest BCUT2D eigenvalue weighted by atomic mass is 10.1. The van der Waals surface area contributed by atoms with E-state index in [4.69, 9.17) is 0 Å². The standard InChI is InChI=1S/C11H9O3/c1-14-11(13)7-6-9-4-2-3-5-10(9)8-12/h2-7H,1H3. The Labute approximate surface area is 82.0 Å². The van der Waals surface area contributed by atoms with E-state index in [1.54, 1.807) is 30.6 Å². The number of carbonyl (C=O) groups excluding carboxylic acids is 2. The van der Waals surface area contributed by atoms with Crippen LogP contribution < -0.4 is 0 Å². The topological polar surface area (TPSA) is 43.4 Å². The van der Waals surface area contributed by atoms with Gasteiger partial charge < -0.3 is 4.74 Å². The molecule has 1 rings (SSSR count). The van der Waals surface area contributed by atoms with Crippen molar-refractivity contribution in [3.05, 3.63) is 41.5 Å². The molecule has 0 bridgehead atoms. The highest BCUT2D eigenvalue weighted by Gasteiger charge is 1.98. The Morgan fingerprint density at radius 2 is 2.14 bits per heavy atom. The molecule has 0 N–H and O–H groups in total. The van der Waals surface area contributed by atoms with E-state index < -0.39 is 5.97 Å². The van der Waals surface area contributed by atoms with E-state index in [-0.39, 0.29) is 0 Å². The second kappa shape index (κ2) is 4.97. The first-order valence-electron chi connectivity index (χ1n) is 4.01. The third-order valence-electron chi connectivity index (χ3n) is 1.67. The summed E-state index contributed by atoms with van der Waals surface area (Å²) in [6.07, 6.45) is 4.56. The van der Waals surface area contributed by atoms with Gasteiger partial charge in [0.1, 0.15) is 0 Å². The van der Waals surface area contributed by atoms with Gasteiger partial charge in [-0.25, -0.2) is 4.79 Å². The molecule has 0 saturated carbocycles. The van der Waals surface area contributed by atoms with Crippen molar-refractivity contribution < 1.29 is 14.3 Å². The lowest BCUT2D eigenvalue weighted by molar-refractivity contribution is -0.134. The second-order valence-corrected chi connectivity index (χ2v) is 2.55. The van der Waals surface area contributed by atoms with E-state index >= 15 is 0 Å². The molecule has 14 heavy (non-hydrogen) atoms. The SMILES string of the molecule is COC(=O)C=Cc1ccccc1[C]=O. The van der Waals surface area contributed by atoms with Gasteiger partial charge in [0.25, 0.3) is 0 Å². The minimum Gasteiger partial charge on any atom is -0.466 e. The van der Waals surface area contributed by atoms with E-state index in [0.29, 0.717) is 11.1 Å². The van der Waals surface area contributed by atoms with Crippen molar-refractivity contribution >= 4 is 18.3 Å². The van der Waals surface area contributed by atoms with Gasteiger partial charge in [-0.05, 0) is 11.6 Å². The van der Waals surface area contributed by atoms with Gasteiger partial charge in [-0.1, -0.05) is 24.3 Å². The smallest absolute Gasteiger partial charge is 0.330 e. The molecule has 0 aliphatic heterocycles. The molecule has 1 aromatic rings. The summed E-state index contributed by atoms with van der Waals surface area (Å²) >= 11 is 0. The number of methoxy groups -OCH3 is 1. The van der Waals surface area contributed by atoms with Gasteiger partial charge in [0.05, 0.1) is 7.11 Å². The van der Waals surface area contributed by atoms with Gasteiger partial charge in [-0.15, -0.1) is 0 Å². The predicted octanol–water partition coefficient (Wildman–Crippen LogP) is 1.33. The van der Waals surface area contributed by atoms with Crippen molar-refractivity contribution in [1.29, 1.82) is 0 Å². The van der Waals surface area contributed by atoms with E-state index in [0.717, 1.165) is 0 Å². The average Bonchev–Trinajstić information content (AvgIpc) is 2.26. The second-order valence-electron chi connectivity index (χ2n) is 2.55. The number of rotatable bonds is 3. The van der Waals surface area contributed by atoms with Gasteiger partial charge in [0.15, 0.2) is 0 Å². The molecule has 3 nitrogen and oxygen atoms in total. The number of esters is 1. The van der Waals surface area contributed by atoms with Crippen LogP contribution in [0.15, 0.2) is 30.3 Å². The van der Waals surface area contributed by atoms with Gasteiger partial charge in [-0.2, -0.15) is 0 Å². The monoisotopic (exact) mass is 189 g/mol. The molecule has 1 aromatic carbocycles. The fourth-order valence-electron chi connectivity index (χ4n) is 0.961. The molecule has 3 heteroatoms. The van der Waals surface area contributed by atoms with Crippen molar-refractivity contribution in [3.8, 4) is 0 Å². The lowest BCUT2D eigenvalue weighted by Gasteiger charge is -1.95. The third kappa shape index (κ3) is 2.55.